The highest BCUT2D eigenvalue weighted by Crippen LogP contribution is 2.32. The number of benzene rings is 1. The van der Waals surface area contributed by atoms with Gasteiger partial charge in [-0.15, -0.1) is 13.2 Å². The van der Waals surface area contributed by atoms with Gasteiger partial charge in [0.15, 0.2) is 11.7 Å². The van der Waals surface area contributed by atoms with Crippen molar-refractivity contribution in [3.05, 3.63) is 22.7 Å². The van der Waals surface area contributed by atoms with Gasteiger partial charge >= 0.3 is 6.36 Å². The van der Waals surface area contributed by atoms with E-state index in [1.165, 1.54) is 19.2 Å². The summed E-state index contributed by atoms with van der Waals surface area (Å²) >= 11 is 3.05. The van der Waals surface area contributed by atoms with Crippen LogP contribution < -0.4 is 15.8 Å². The van der Waals surface area contributed by atoms with E-state index in [9.17, 15) is 13.2 Å². The third-order valence-electron chi connectivity index (χ3n) is 1.67. The molecule has 0 atom stereocenters. The van der Waals surface area contributed by atoms with Gasteiger partial charge in [-0.25, -0.2) is 0 Å². The number of nitrogens with zero attached hydrogens (tertiary/aromatic N) is 1. The van der Waals surface area contributed by atoms with Crippen molar-refractivity contribution in [2.75, 3.05) is 12.4 Å². The lowest BCUT2D eigenvalue weighted by molar-refractivity contribution is -0.274. The van der Waals surface area contributed by atoms with E-state index in [0.29, 0.717) is 4.47 Å². The first kappa shape index (κ1) is 13.6. The fourth-order valence-corrected chi connectivity index (χ4v) is 1.34. The van der Waals surface area contributed by atoms with E-state index in [1.807, 2.05) is 0 Å². The van der Waals surface area contributed by atoms with Crippen molar-refractivity contribution < 1.29 is 17.9 Å². The molecule has 0 aromatic heterocycles. The molecule has 4 nitrogen and oxygen atoms in total. The molecule has 8 heteroatoms. The molecule has 0 aliphatic carbocycles. The number of nitrogens with one attached hydrogen (secondary N) is 1. The predicted octanol–water partition coefficient (Wildman–Crippen LogP) is 2.70. The molecule has 94 valence electrons. The Bertz CT molecular complexity index is 434. The van der Waals surface area contributed by atoms with Crippen molar-refractivity contribution in [2.45, 2.75) is 6.36 Å². The van der Waals surface area contributed by atoms with Gasteiger partial charge < -0.3 is 15.8 Å². The van der Waals surface area contributed by atoms with Crippen LogP contribution in [0.3, 0.4) is 0 Å². The minimum absolute atomic E-state index is 0.0145. The van der Waals surface area contributed by atoms with Gasteiger partial charge in [-0.3, -0.25) is 4.99 Å². The summed E-state index contributed by atoms with van der Waals surface area (Å²) in [5.41, 5.74) is 5.44. The van der Waals surface area contributed by atoms with Crippen molar-refractivity contribution in [3.63, 3.8) is 0 Å². The average molecular weight is 312 g/mol. The van der Waals surface area contributed by atoms with Crippen molar-refractivity contribution in [1.29, 1.82) is 0 Å². The smallest absolute Gasteiger partial charge is 0.404 e. The number of rotatable bonds is 2. The number of hydrogen-bond acceptors (Lipinski definition) is 2. The summed E-state index contributed by atoms with van der Waals surface area (Å²) in [4.78, 5) is 3.58. The van der Waals surface area contributed by atoms with E-state index in [1.54, 1.807) is 6.07 Å². The second-order valence-corrected chi connectivity index (χ2v) is 3.84. The molecule has 0 amide bonds. The molecule has 0 saturated carbocycles. The third kappa shape index (κ3) is 4.51. The first-order chi connectivity index (χ1) is 7.81. The summed E-state index contributed by atoms with van der Waals surface area (Å²) in [5.74, 6) is -0.405. The normalized spacial score (nSPS) is 12.4. The van der Waals surface area contributed by atoms with Crippen LogP contribution in [-0.2, 0) is 0 Å². The molecular formula is C9H9BrF3N3O. The predicted molar refractivity (Wildman–Crippen MR) is 62.0 cm³/mol. The number of aliphatic imine (C=N–C) groups is 1. The maximum absolute atomic E-state index is 12.1. The topological polar surface area (TPSA) is 59.6 Å². The molecule has 0 saturated heterocycles. The number of anilines is 1. The first-order valence-corrected chi connectivity index (χ1v) is 5.15. The summed E-state index contributed by atoms with van der Waals surface area (Å²) in [7, 11) is 1.41. The summed E-state index contributed by atoms with van der Waals surface area (Å²) in [5, 5.41) is 2.49. The van der Waals surface area contributed by atoms with E-state index in [4.69, 9.17) is 5.73 Å². The van der Waals surface area contributed by atoms with Crippen LogP contribution in [0.25, 0.3) is 0 Å². The van der Waals surface area contributed by atoms with E-state index in [2.05, 4.69) is 31.0 Å². The lowest BCUT2D eigenvalue weighted by Crippen LogP contribution is -2.24. The number of nitrogens with two attached hydrogens (primary N) is 1. The van der Waals surface area contributed by atoms with Crippen LogP contribution in [0, 0.1) is 0 Å². The molecular weight excluding hydrogens is 303 g/mol. The second-order valence-electron chi connectivity index (χ2n) is 2.92. The molecule has 3 N–H and O–H groups in total. The highest BCUT2D eigenvalue weighted by atomic mass is 79.9. The van der Waals surface area contributed by atoms with Crippen LogP contribution >= 0.6 is 15.9 Å². The zero-order valence-electron chi connectivity index (χ0n) is 8.68. The Kier molecular flexibility index (Phi) is 4.22. The van der Waals surface area contributed by atoms with Crippen LogP contribution in [0.15, 0.2) is 27.7 Å². The molecule has 17 heavy (non-hydrogen) atoms. The third-order valence-corrected chi connectivity index (χ3v) is 2.17. The van der Waals surface area contributed by atoms with Crippen molar-refractivity contribution >= 4 is 27.6 Å². The van der Waals surface area contributed by atoms with Gasteiger partial charge in [0.05, 0.1) is 5.69 Å². The molecule has 1 aromatic rings. The van der Waals surface area contributed by atoms with E-state index in [0.717, 1.165) is 0 Å². The Balaban J connectivity index is 3.04. The van der Waals surface area contributed by atoms with Crippen LogP contribution in [0.4, 0.5) is 18.9 Å². The minimum atomic E-state index is -4.77. The zero-order chi connectivity index (χ0) is 13.1. The van der Waals surface area contributed by atoms with E-state index in [-0.39, 0.29) is 11.6 Å². The monoisotopic (exact) mass is 311 g/mol. The van der Waals surface area contributed by atoms with E-state index < -0.39 is 12.1 Å². The number of guanidine groups is 1. The van der Waals surface area contributed by atoms with Gasteiger partial charge in [0.25, 0.3) is 0 Å². The van der Waals surface area contributed by atoms with Crippen LogP contribution in [0.2, 0.25) is 0 Å². The fraction of sp³-hybridized carbons (Fsp3) is 0.222. The summed E-state index contributed by atoms with van der Waals surface area (Å²) in [6, 6.07) is 4.12. The van der Waals surface area contributed by atoms with Crippen molar-refractivity contribution in [1.82, 2.24) is 0 Å². The van der Waals surface area contributed by atoms with Gasteiger partial charge in [0.1, 0.15) is 0 Å². The Morgan fingerprint density at radius 3 is 2.65 bits per heavy atom. The molecule has 0 aliphatic rings. The maximum Gasteiger partial charge on any atom is 0.573 e. The Morgan fingerprint density at radius 1 is 1.47 bits per heavy atom. The molecule has 0 unspecified atom stereocenters. The lowest BCUT2D eigenvalue weighted by atomic mass is 10.3. The van der Waals surface area contributed by atoms with E-state index >= 15 is 0 Å². The van der Waals surface area contributed by atoms with Gasteiger partial charge in [-0.2, -0.15) is 0 Å². The van der Waals surface area contributed by atoms with Gasteiger partial charge in [0.2, 0.25) is 0 Å². The Hall–Kier alpha value is -1.44. The molecule has 0 radical (unpaired) electrons. The molecule has 0 aliphatic heterocycles. The highest BCUT2D eigenvalue weighted by Gasteiger charge is 2.32. The summed E-state index contributed by atoms with van der Waals surface area (Å²) in [6.07, 6.45) is -4.77. The minimum Gasteiger partial charge on any atom is -0.404 e. The van der Waals surface area contributed by atoms with Crippen molar-refractivity contribution in [3.8, 4) is 5.75 Å². The summed E-state index contributed by atoms with van der Waals surface area (Å²) in [6.45, 7) is 0. The highest BCUT2D eigenvalue weighted by molar-refractivity contribution is 9.10. The van der Waals surface area contributed by atoms with Crippen molar-refractivity contribution in [2.24, 2.45) is 10.7 Å². The molecule has 0 heterocycles. The van der Waals surface area contributed by atoms with Gasteiger partial charge in [-0.1, -0.05) is 15.9 Å². The maximum atomic E-state index is 12.1. The zero-order valence-corrected chi connectivity index (χ0v) is 10.3. The van der Waals surface area contributed by atoms with Gasteiger partial charge in [0, 0.05) is 11.5 Å². The fourth-order valence-electron chi connectivity index (χ4n) is 1.00. The molecule has 0 fully saturated rings. The number of halogens is 4. The largest absolute Gasteiger partial charge is 0.573 e. The van der Waals surface area contributed by atoms with Gasteiger partial charge in [-0.05, 0) is 18.2 Å². The quantitative estimate of drug-likeness (QED) is 0.652. The molecule has 0 bridgehead atoms. The number of ether oxygens (including phenoxy) is 1. The van der Waals surface area contributed by atoms with Crippen LogP contribution in [-0.4, -0.2) is 19.4 Å². The second kappa shape index (κ2) is 5.26. The lowest BCUT2D eigenvalue weighted by Gasteiger charge is -2.14. The van der Waals surface area contributed by atoms with Crippen LogP contribution in [0.1, 0.15) is 0 Å². The summed E-state index contributed by atoms with van der Waals surface area (Å²) < 4.78 is 40.7. The SMILES string of the molecule is CN=C(N)Nc1ccc(Br)cc1OC(F)(F)F. The Morgan fingerprint density at radius 2 is 2.12 bits per heavy atom. The average Bonchev–Trinajstić information content (AvgIpc) is 2.19. The standard InChI is InChI=1S/C9H9BrF3N3O/c1-15-8(14)16-6-3-2-5(10)4-7(6)17-9(11,12)13/h2-4H,1H3,(H3,14,15,16). The molecule has 1 aromatic carbocycles. The number of alkyl halides is 3. The molecule has 0 spiro atoms. The first-order valence-electron chi connectivity index (χ1n) is 4.36. The Labute approximate surface area is 104 Å². The van der Waals surface area contributed by atoms with Crippen LogP contribution in [0.5, 0.6) is 5.75 Å². The number of hydrogen-bond donors (Lipinski definition) is 2. The molecule has 1 rings (SSSR count).